The first kappa shape index (κ1) is 13.8. The number of nitriles is 1. The van der Waals surface area contributed by atoms with Crippen LogP contribution in [0.25, 0.3) is 0 Å². The quantitative estimate of drug-likeness (QED) is 0.829. The molecule has 0 aliphatic rings. The van der Waals surface area contributed by atoms with Crippen LogP contribution in [-0.4, -0.2) is 22.7 Å². The Balaban J connectivity index is 3.17. The SMILES string of the molecule is CCOC(=O)Cc1cnc(C#N)c(O)c1C(F)F. The monoisotopic (exact) mass is 256 g/mol. The van der Waals surface area contributed by atoms with Gasteiger partial charge in [0.15, 0.2) is 11.4 Å². The fourth-order valence-electron chi connectivity index (χ4n) is 1.39. The normalized spacial score (nSPS) is 10.2. The van der Waals surface area contributed by atoms with Crippen molar-refractivity contribution < 1.29 is 23.4 Å². The van der Waals surface area contributed by atoms with E-state index < -0.39 is 35.8 Å². The second-order valence-electron chi connectivity index (χ2n) is 3.29. The molecule has 0 amide bonds. The van der Waals surface area contributed by atoms with Crippen molar-refractivity contribution in [1.29, 1.82) is 5.26 Å². The van der Waals surface area contributed by atoms with Crippen LogP contribution in [0.2, 0.25) is 0 Å². The molecule has 0 bridgehead atoms. The van der Waals surface area contributed by atoms with Crippen LogP contribution < -0.4 is 0 Å². The summed E-state index contributed by atoms with van der Waals surface area (Å²) in [6.45, 7) is 1.71. The van der Waals surface area contributed by atoms with Crippen molar-refractivity contribution in [3.63, 3.8) is 0 Å². The Morgan fingerprint density at radius 1 is 1.67 bits per heavy atom. The Bertz CT molecular complexity index is 498. The first-order chi connectivity index (χ1) is 8.51. The molecule has 96 valence electrons. The maximum atomic E-state index is 12.8. The van der Waals surface area contributed by atoms with E-state index in [1.165, 1.54) is 6.07 Å². The van der Waals surface area contributed by atoms with E-state index in [9.17, 15) is 18.7 Å². The lowest BCUT2D eigenvalue weighted by Crippen LogP contribution is -2.10. The van der Waals surface area contributed by atoms with Crippen LogP contribution in [0.4, 0.5) is 8.78 Å². The number of aromatic hydroxyl groups is 1. The summed E-state index contributed by atoms with van der Waals surface area (Å²) >= 11 is 0. The highest BCUT2D eigenvalue weighted by Crippen LogP contribution is 2.33. The average molecular weight is 256 g/mol. The minimum atomic E-state index is -3.01. The van der Waals surface area contributed by atoms with Crippen LogP contribution in [0, 0.1) is 11.3 Å². The van der Waals surface area contributed by atoms with E-state index in [0.717, 1.165) is 6.20 Å². The number of rotatable bonds is 4. The van der Waals surface area contributed by atoms with Gasteiger partial charge in [-0.05, 0) is 12.5 Å². The summed E-state index contributed by atoms with van der Waals surface area (Å²) in [6, 6.07) is 1.49. The standard InChI is InChI=1S/C11H10F2N2O3/c1-2-18-8(16)3-6-5-15-7(4-14)10(17)9(6)11(12)13/h5,11,17H,2-3H2,1H3. The summed E-state index contributed by atoms with van der Waals surface area (Å²) in [5, 5.41) is 18.0. The van der Waals surface area contributed by atoms with Gasteiger partial charge in [0, 0.05) is 6.20 Å². The molecule has 0 unspecified atom stereocenters. The van der Waals surface area contributed by atoms with Crippen molar-refractivity contribution in [2.24, 2.45) is 0 Å². The van der Waals surface area contributed by atoms with Gasteiger partial charge in [0.2, 0.25) is 0 Å². The topological polar surface area (TPSA) is 83.2 Å². The molecular formula is C11H10F2N2O3. The smallest absolute Gasteiger partial charge is 0.310 e. The molecule has 0 spiro atoms. The number of hydrogen-bond acceptors (Lipinski definition) is 5. The Kier molecular flexibility index (Phi) is 4.54. The molecule has 0 fully saturated rings. The predicted molar refractivity (Wildman–Crippen MR) is 55.9 cm³/mol. The van der Waals surface area contributed by atoms with Crippen LogP contribution in [0.5, 0.6) is 5.75 Å². The fraction of sp³-hybridized carbons (Fsp3) is 0.364. The molecule has 18 heavy (non-hydrogen) atoms. The number of aromatic nitrogens is 1. The van der Waals surface area contributed by atoms with Crippen LogP contribution in [0.1, 0.15) is 30.2 Å². The van der Waals surface area contributed by atoms with Gasteiger partial charge in [-0.15, -0.1) is 0 Å². The molecule has 1 aromatic rings. The van der Waals surface area contributed by atoms with Crippen molar-refractivity contribution in [2.75, 3.05) is 6.61 Å². The molecule has 0 saturated carbocycles. The Morgan fingerprint density at radius 3 is 2.83 bits per heavy atom. The highest BCUT2D eigenvalue weighted by atomic mass is 19.3. The van der Waals surface area contributed by atoms with Gasteiger partial charge >= 0.3 is 5.97 Å². The Labute approximate surface area is 102 Å². The molecule has 0 aliphatic heterocycles. The van der Waals surface area contributed by atoms with Crippen LogP contribution in [0.15, 0.2) is 6.20 Å². The first-order valence-corrected chi connectivity index (χ1v) is 5.05. The minimum Gasteiger partial charge on any atom is -0.505 e. The maximum Gasteiger partial charge on any atom is 0.310 e. The minimum absolute atomic E-state index is 0.124. The Morgan fingerprint density at radius 2 is 2.33 bits per heavy atom. The van der Waals surface area contributed by atoms with Gasteiger partial charge < -0.3 is 9.84 Å². The van der Waals surface area contributed by atoms with Gasteiger partial charge in [-0.2, -0.15) is 5.26 Å². The van der Waals surface area contributed by atoms with Crippen molar-refractivity contribution in [2.45, 2.75) is 19.8 Å². The number of halogens is 2. The lowest BCUT2D eigenvalue weighted by molar-refractivity contribution is -0.142. The first-order valence-electron chi connectivity index (χ1n) is 5.05. The van der Waals surface area contributed by atoms with Gasteiger partial charge in [-0.3, -0.25) is 4.79 Å². The zero-order valence-corrected chi connectivity index (χ0v) is 9.48. The molecule has 1 rings (SSSR count). The highest BCUT2D eigenvalue weighted by molar-refractivity contribution is 5.73. The van der Waals surface area contributed by atoms with Crippen molar-refractivity contribution in [1.82, 2.24) is 4.98 Å². The van der Waals surface area contributed by atoms with Gasteiger partial charge in [0.05, 0.1) is 18.6 Å². The molecule has 1 aromatic heterocycles. The van der Waals surface area contributed by atoms with E-state index >= 15 is 0 Å². The van der Waals surface area contributed by atoms with E-state index in [-0.39, 0.29) is 12.2 Å². The second kappa shape index (κ2) is 5.91. The van der Waals surface area contributed by atoms with E-state index in [0.29, 0.717) is 0 Å². The molecule has 1 heterocycles. The fourth-order valence-corrected chi connectivity index (χ4v) is 1.39. The van der Waals surface area contributed by atoms with Gasteiger partial charge in [-0.1, -0.05) is 0 Å². The summed E-state index contributed by atoms with van der Waals surface area (Å²) in [5.74, 6) is -1.60. The summed E-state index contributed by atoms with van der Waals surface area (Å²) in [4.78, 5) is 14.7. The zero-order chi connectivity index (χ0) is 13.7. The number of pyridine rings is 1. The number of hydrogen-bond donors (Lipinski definition) is 1. The predicted octanol–water partition coefficient (Wildman–Crippen LogP) is 1.70. The number of carbonyl (C=O) groups is 1. The van der Waals surface area contributed by atoms with Crippen molar-refractivity contribution in [3.8, 4) is 11.8 Å². The highest BCUT2D eigenvalue weighted by Gasteiger charge is 2.23. The third-order valence-electron chi connectivity index (χ3n) is 2.14. The summed E-state index contributed by atoms with van der Waals surface area (Å²) in [5.41, 5.74) is -1.41. The van der Waals surface area contributed by atoms with Gasteiger partial charge in [0.25, 0.3) is 6.43 Å². The molecule has 0 atom stereocenters. The number of alkyl halides is 2. The second-order valence-corrected chi connectivity index (χ2v) is 3.29. The van der Waals surface area contributed by atoms with Gasteiger partial charge in [0.1, 0.15) is 6.07 Å². The van der Waals surface area contributed by atoms with Crippen LogP contribution >= 0.6 is 0 Å². The third kappa shape index (κ3) is 2.91. The Hall–Kier alpha value is -2.23. The molecule has 0 radical (unpaired) electrons. The van der Waals surface area contributed by atoms with Crippen LogP contribution in [0.3, 0.4) is 0 Å². The summed E-state index contributed by atoms with van der Waals surface area (Å²) in [7, 11) is 0. The average Bonchev–Trinajstić information content (AvgIpc) is 2.29. The zero-order valence-electron chi connectivity index (χ0n) is 9.48. The third-order valence-corrected chi connectivity index (χ3v) is 2.14. The molecule has 0 aromatic carbocycles. The van der Waals surface area contributed by atoms with E-state index in [1.807, 2.05) is 0 Å². The molecule has 1 N–H and O–H groups in total. The van der Waals surface area contributed by atoms with Crippen LogP contribution in [-0.2, 0) is 16.0 Å². The van der Waals surface area contributed by atoms with Crippen molar-refractivity contribution >= 4 is 5.97 Å². The van der Waals surface area contributed by atoms with Gasteiger partial charge in [-0.25, -0.2) is 13.8 Å². The van der Waals surface area contributed by atoms with E-state index in [1.54, 1.807) is 6.92 Å². The van der Waals surface area contributed by atoms with Crippen molar-refractivity contribution in [3.05, 3.63) is 23.0 Å². The maximum absolute atomic E-state index is 12.8. The largest absolute Gasteiger partial charge is 0.505 e. The van der Waals surface area contributed by atoms with E-state index in [4.69, 9.17) is 5.26 Å². The molecule has 7 heteroatoms. The van der Waals surface area contributed by atoms with E-state index in [2.05, 4.69) is 9.72 Å². The molecule has 0 aliphatic carbocycles. The number of ether oxygens (including phenoxy) is 1. The summed E-state index contributed by atoms with van der Waals surface area (Å²) in [6.07, 6.45) is -2.47. The number of esters is 1. The molecular weight excluding hydrogens is 246 g/mol. The lowest BCUT2D eigenvalue weighted by Gasteiger charge is -2.10. The molecule has 0 saturated heterocycles. The summed E-state index contributed by atoms with van der Waals surface area (Å²) < 4.78 is 30.2. The molecule has 5 nitrogen and oxygen atoms in total. The lowest BCUT2D eigenvalue weighted by atomic mass is 10.1. The number of nitrogens with zero attached hydrogens (tertiary/aromatic N) is 2. The number of carbonyl (C=O) groups excluding carboxylic acids is 1.